The van der Waals surface area contributed by atoms with Crippen molar-refractivity contribution in [2.75, 3.05) is 26.7 Å². The maximum Gasteiger partial charge on any atom is 0.251 e. The van der Waals surface area contributed by atoms with Gasteiger partial charge in [0, 0.05) is 10.5 Å². The van der Waals surface area contributed by atoms with E-state index in [1.165, 1.54) is 5.56 Å². The summed E-state index contributed by atoms with van der Waals surface area (Å²) < 4.78 is 25.6. The van der Waals surface area contributed by atoms with E-state index in [4.69, 9.17) is 0 Å². The smallest absolute Gasteiger partial charge is 0.251 e. The van der Waals surface area contributed by atoms with Gasteiger partial charge in [0.25, 0.3) is 6.43 Å². The molecule has 0 bridgehead atoms. The first kappa shape index (κ1) is 16.5. The van der Waals surface area contributed by atoms with Gasteiger partial charge in [-0.1, -0.05) is 41.1 Å². The van der Waals surface area contributed by atoms with Crippen LogP contribution < -0.4 is 5.32 Å². The highest BCUT2D eigenvalue weighted by atomic mass is 79.9. The number of rotatable bonds is 8. The average Bonchev–Trinajstić information content (AvgIpc) is 2.34. The molecule has 1 atom stereocenters. The van der Waals surface area contributed by atoms with Crippen LogP contribution in [0.3, 0.4) is 0 Å². The third-order valence-electron chi connectivity index (χ3n) is 2.98. The third kappa shape index (κ3) is 5.97. The molecular formula is C14H21BrF2N2. The van der Waals surface area contributed by atoms with E-state index >= 15 is 0 Å². The van der Waals surface area contributed by atoms with Gasteiger partial charge >= 0.3 is 0 Å². The van der Waals surface area contributed by atoms with Gasteiger partial charge in [-0.15, -0.1) is 0 Å². The van der Waals surface area contributed by atoms with Crippen molar-refractivity contribution in [3.63, 3.8) is 0 Å². The molecule has 1 aromatic carbocycles. The molecule has 19 heavy (non-hydrogen) atoms. The predicted octanol–water partition coefficient (Wildman–Crippen LogP) is 3.69. The summed E-state index contributed by atoms with van der Waals surface area (Å²) in [6.07, 6.45) is -1.47. The summed E-state index contributed by atoms with van der Waals surface area (Å²) in [5.41, 5.74) is 1.18. The van der Waals surface area contributed by atoms with Crippen LogP contribution in [0.25, 0.3) is 0 Å². The number of nitrogens with one attached hydrogen (secondary N) is 1. The molecule has 0 aromatic heterocycles. The zero-order valence-electron chi connectivity index (χ0n) is 11.4. The van der Waals surface area contributed by atoms with Crippen molar-refractivity contribution >= 4 is 15.9 Å². The molecule has 1 N–H and O–H groups in total. The van der Waals surface area contributed by atoms with Gasteiger partial charge in [0.15, 0.2) is 0 Å². The highest BCUT2D eigenvalue weighted by molar-refractivity contribution is 9.10. The number of alkyl halides is 2. The van der Waals surface area contributed by atoms with Crippen LogP contribution >= 0.6 is 15.9 Å². The summed E-state index contributed by atoms with van der Waals surface area (Å²) in [6.45, 7) is 3.37. The van der Waals surface area contributed by atoms with Crippen molar-refractivity contribution in [3.05, 3.63) is 34.3 Å². The zero-order valence-corrected chi connectivity index (χ0v) is 13.0. The highest BCUT2D eigenvalue weighted by Gasteiger charge is 2.15. The van der Waals surface area contributed by atoms with Crippen LogP contribution in [0, 0.1) is 0 Å². The van der Waals surface area contributed by atoms with E-state index in [9.17, 15) is 8.78 Å². The molecule has 2 nitrogen and oxygen atoms in total. The van der Waals surface area contributed by atoms with Gasteiger partial charge in [0.05, 0.1) is 6.54 Å². The van der Waals surface area contributed by atoms with Gasteiger partial charge < -0.3 is 10.2 Å². The van der Waals surface area contributed by atoms with Crippen molar-refractivity contribution in [1.29, 1.82) is 0 Å². The van der Waals surface area contributed by atoms with Crippen molar-refractivity contribution in [3.8, 4) is 0 Å². The number of hydrogen-bond donors (Lipinski definition) is 1. The highest BCUT2D eigenvalue weighted by Crippen LogP contribution is 2.25. The van der Waals surface area contributed by atoms with Gasteiger partial charge in [0.1, 0.15) is 0 Å². The van der Waals surface area contributed by atoms with Gasteiger partial charge in [-0.05, 0) is 38.2 Å². The zero-order chi connectivity index (χ0) is 14.3. The summed E-state index contributed by atoms with van der Waals surface area (Å²) in [5, 5.41) is 3.40. The number of halogens is 3. The van der Waals surface area contributed by atoms with E-state index < -0.39 is 6.43 Å². The quantitative estimate of drug-likeness (QED) is 0.780. The van der Waals surface area contributed by atoms with Gasteiger partial charge in [-0.3, -0.25) is 0 Å². The van der Waals surface area contributed by atoms with E-state index in [0.717, 1.165) is 17.4 Å². The molecule has 0 fully saturated rings. The van der Waals surface area contributed by atoms with Gasteiger partial charge in [0.2, 0.25) is 0 Å². The Labute approximate surface area is 122 Å². The lowest BCUT2D eigenvalue weighted by Gasteiger charge is -2.23. The predicted molar refractivity (Wildman–Crippen MR) is 78.7 cm³/mol. The van der Waals surface area contributed by atoms with Crippen LogP contribution in [0.1, 0.15) is 24.9 Å². The maximum atomic E-state index is 12.3. The van der Waals surface area contributed by atoms with Crippen molar-refractivity contribution in [2.45, 2.75) is 25.8 Å². The normalized spacial score (nSPS) is 13.2. The molecule has 0 radical (unpaired) electrons. The Kier molecular flexibility index (Phi) is 7.49. The molecule has 1 aromatic rings. The first-order valence-electron chi connectivity index (χ1n) is 6.49. The number of benzene rings is 1. The molecule has 0 spiro atoms. The summed E-state index contributed by atoms with van der Waals surface area (Å²) in [6, 6.07) is 8.21. The summed E-state index contributed by atoms with van der Waals surface area (Å²) in [4.78, 5) is 1.67. The van der Waals surface area contributed by atoms with E-state index in [-0.39, 0.29) is 12.6 Å². The lowest BCUT2D eigenvalue weighted by Crippen LogP contribution is -2.30. The molecule has 5 heteroatoms. The van der Waals surface area contributed by atoms with Gasteiger partial charge in [-0.2, -0.15) is 0 Å². The van der Waals surface area contributed by atoms with E-state index in [1.807, 2.05) is 25.1 Å². The minimum atomic E-state index is -2.27. The molecule has 0 heterocycles. The maximum absolute atomic E-state index is 12.3. The molecule has 0 aliphatic heterocycles. The van der Waals surface area contributed by atoms with Crippen molar-refractivity contribution < 1.29 is 8.78 Å². The standard InChI is InChI=1S/C14H21BrF2N2/c1-3-18-13(8-9-19(2)10-14(16)17)11-6-4-5-7-12(11)15/h4-7,13-14,18H,3,8-10H2,1-2H3. The first-order chi connectivity index (χ1) is 9.04. The Hall–Kier alpha value is -0.520. The first-order valence-corrected chi connectivity index (χ1v) is 7.28. The molecule has 1 rings (SSSR count). The fourth-order valence-electron chi connectivity index (χ4n) is 2.05. The third-order valence-corrected chi connectivity index (χ3v) is 3.70. The minimum Gasteiger partial charge on any atom is -0.310 e. The summed E-state index contributed by atoms with van der Waals surface area (Å²) in [5.74, 6) is 0. The number of nitrogens with zero attached hydrogens (tertiary/aromatic N) is 1. The molecule has 0 aliphatic carbocycles. The average molecular weight is 335 g/mol. The van der Waals surface area contributed by atoms with Crippen LogP contribution in [-0.4, -0.2) is 38.0 Å². The molecule has 0 saturated carbocycles. The molecule has 0 saturated heterocycles. The SMILES string of the molecule is CCNC(CCN(C)CC(F)F)c1ccccc1Br. The number of hydrogen-bond acceptors (Lipinski definition) is 2. The Morgan fingerprint density at radius 3 is 2.58 bits per heavy atom. The van der Waals surface area contributed by atoms with Crippen LogP contribution in [-0.2, 0) is 0 Å². The second-order valence-electron chi connectivity index (χ2n) is 4.57. The molecule has 108 valence electrons. The van der Waals surface area contributed by atoms with E-state index in [0.29, 0.717) is 6.54 Å². The van der Waals surface area contributed by atoms with Crippen LogP contribution in [0.5, 0.6) is 0 Å². The molecule has 1 unspecified atom stereocenters. The van der Waals surface area contributed by atoms with Crippen LogP contribution in [0.2, 0.25) is 0 Å². The monoisotopic (exact) mass is 334 g/mol. The summed E-state index contributed by atoms with van der Waals surface area (Å²) in [7, 11) is 1.73. The van der Waals surface area contributed by atoms with E-state index in [2.05, 4.69) is 27.3 Å². The largest absolute Gasteiger partial charge is 0.310 e. The van der Waals surface area contributed by atoms with Crippen LogP contribution in [0.15, 0.2) is 28.7 Å². The molecule has 0 amide bonds. The summed E-state index contributed by atoms with van der Waals surface area (Å²) >= 11 is 3.54. The second kappa shape index (κ2) is 8.61. The molecular weight excluding hydrogens is 314 g/mol. The molecule has 0 aliphatic rings. The lowest BCUT2D eigenvalue weighted by molar-refractivity contribution is 0.0985. The Morgan fingerprint density at radius 2 is 2.00 bits per heavy atom. The Balaban J connectivity index is 2.61. The Morgan fingerprint density at radius 1 is 1.32 bits per heavy atom. The van der Waals surface area contributed by atoms with Crippen LogP contribution in [0.4, 0.5) is 8.78 Å². The van der Waals surface area contributed by atoms with E-state index in [1.54, 1.807) is 11.9 Å². The lowest BCUT2D eigenvalue weighted by atomic mass is 10.0. The minimum absolute atomic E-state index is 0.172. The topological polar surface area (TPSA) is 15.3 Å². The van der Waals surface area contributed by atoms with Gasteiger partial charge in [-0.25, -0.2) is 8.78 Å². The second-order valence-corrected chi connectivity index (χ2v) is 5.43. The Bertz CT molecular complexity index is 374. The fourth-order valence-corrected chi connectivity index (χ4v) is 2.61. The van der Waals surface area contributed by atoms with Crippen molar-refractivity contribution in [1.82, 2.24) is 10.2 Å². The van der Waals surface area contributed by atoms with Crippen molar-refractivity contribution in [2.24, 2.45) is 0 Å². The fraction of sp³-hybridized carbons (Fsp3) is 0.571.